The van der Waals surface area contributed by atoms with Gasteiger partial charge in [-0.05, 0) is 94.4 Å². The van der Waals surface area contributed by atoms with E-state index in [1.807, 2.05) is 6.07 Å². The van der Waals surface area contributed by atoms with E-state index in [0.717, 1.165) is 10.3 Å². The van der Waals surface area contributed by atoms with Crippen molar-refractivity contribution in [1.82, 2.24) is 20.5 Å². The highest BCUT2D eigenvalue weighted by atomic mass is 35.5. The van der Waals surface area contributed by atoms with E-state index in [0.29, 0.717) is 27.8 Å². The number of carboxylic acids is 2. The van der Waals surface area contributed by atoms with Crippen molar-refractivity contribution in [3.8, 4) is 34.1 Å². The summed E-state index contributed by atoms with van der Waals surface area (Å²) in [5.41, 5.74) is 15.8. The highest BCUT2D eigenvalue weighted by molar-refractivity contribution is 6.37. The molecule has 7 rings (SSSR count). The van der Waals surface area contributed by atoms with Gasteiger partial charge in [0.2, 0.25) is 17.7 Å². The number of ether oxygens (including phenoxy) is 1. The Kier molecular flexibility index (Phi) is 13.5. The molecular weight excluding hydrogens is 926 g/mol. The van der Waals surface area contributed by atoms with E-state index in [1.54, 1.807) is 54.7 Å². The third-order valence-electron chi connectivity index (χ3n) is 11.0. The van der Waals surface area contributed by atoms with Gasteiger partial charge in [0.1, 0.15) is 29.6 Å². The maximum Gasteiger partial charge on any atom is 0.330 e. The summed E-state index contributed by atoms with van der Waals surface area (Å²) in [5.74, 6) is -5.68. The number of aromatic hydroxyl groups is 2. The van der Waals surface area contributed by atoms with E-state index in [-0.39, 0.29) is 61.1 Å². The van der Waals surface area contributed by atoms with Crippen LogP contribution in [0.2, 0.25) is 20.1 Å². The van der Waals surface area contributed by atoms with Crippen LogP contribution in [0.1, 0.15) is 45.9 Å². The molecule has 3 amide bonds. The van der Waals surface area contributed by atoms with Gasteiger partial charge in [0.25, 0.3) is 0 Å². The molecule has 65 heavy (non-hydrogen) atoms. The Morgan fingerprint density at radius 3 is 2.06 bits per heavy atom. The first kappa shape index (κ1) is 46.5. The second kappa shape index (κ2) is 18.9. The minimum Gasteiger partial charge on any atom is -0.505 e. The number of aromatic nitrogens is 1. The molecule has 0 unspecified atom stereocenters. The van der Waals surface area contributed by atoms with Crippen molar-refractivity contribution in [2.24, 2.45) is 11.5 Å². The molecule has 1 aliphatic heterocycles. The molecule has 336 valence electrons. The van der Waals surface area contributed by atoms with Crippen molar-refractivity contribution >= 4 is 87.0 Å². The van der Waals surface area contributed by atoms with E-state index in [2.05, 4.69) is 15.6 Å². The van der Waals surface area contributed by atoms with Gasteiger partial charge in [-0.3, -0.25) is 14.4 Å². The summed E-state index contributed by atoms with van der Waals surface area (Å²) < 4.78 is 6.29. The minimum atomic E-state index is -1.73. The van der Waals surface area contributed by atoms with Crippen LogP contribution in [0.25, 0.3) is 22.0 Å². The number of carboxylic acid groups (broad SMARTS) is 2. The lowest BCUT2D eigenvalue weighted by molar-refractivity contribution is -0.149. The Balaban J connectivity index is 1.22. The van der Waals surface area contributed by atoms with Crippen LogP contribution in [0.4, 0.5) is 0 Å². The molecule has 5 aromatic carbocycles. The van der Waals surface area contributed by atoms with Gasteiger partial charge in [0.15, 0.2) is 17.5 Å². The van der Waals surface area contributed by atoms with Crippen LogP contribution in [0.5, 0.6) is 23.0 Å². The summed E-state index contributed by atoms with van der Waals surface area (Å²) in [6.07, 6.45) is 1.61. The number of aromatic amines is 1. The molecule has 20 heteroatoms. The molecule has 6 aromatic rings. The van der Waals surface area contributed by atoms with Gasteiger partial charge in [0.05, 0.1) is 31.6 Å². The highest BCUT2D eigenvalue weighted by Gasteiger charge is 2.34. The van der Waals surface area contributed by atoms with Gasteiger partial charge in [-0.1, -0.05) is 76.7 Å². The third-order valence-corrected chi connectivity index (χ3v) is 12.1. The van der Waals surface area contributed by atoms with Gasteiger partial charge in [-0.15, -0.1) is 0 Å². The Hall–Kier alpha value is -6.53. The maximum atomic E-state index is 14.1. The highest BCUT2D eigenvalue weighted by Crippen LogP contribution is 2.39. The summed E-state index contributed by atoms with van der Waals surface area (Å²) in [6, 6.07) is 14.2. The molecule has 11 N–H and O–H groups in total. The number of carbonyl (C=O) groups excluding carboxylic acids is 3. The number of phenolic OH excluding ortho intramolecular Hbond substituents is 2. The molecular formula is C45H38Cl4N6O10. The van der Waals surface area contributed by atoms with Crippen LogP contribution >= 0.6 is 46.4 Å². The van der Waals surface area contributed by atoms with E-state index >= 15 is 0 Å². The van der Waals surface area contributed by atoms with E-state index in [4.69, 9.17) is 62.6 Å². The van der Waals surface area contributed by atoms with Crippen molar-refractivity contribution in [2.75, 3.05) is 7.05 Å². The molecule has 0 fully saturated rings. The van der Waals surface area contributed by atoms with E-state index in [9.17, 15) is 44.4 Å². The number of benzene rings is 5. The second-order valence-corrected chi connectivity index (χ2v) is 16.9. The largest absolute Gasteiger partial charge is 0.505 e. The summed E-state index contributed by atoms with van der Waals surface area (Å²) in [7, 11) is 1.30. The number of H-pyrrole nitrogens is 1. The van der Waals surface area contributed by atoms with Crippen molar-refractivity contribution < 1.29 is 49.1 Å². The number of halogens is 4. The van der Waals surface area contributed by atoms with Gasteiger partial charge < -0.3 is 57.1 Å². The standard InChI is InChI=1S/C45H38Cl4N6O10/c1-55(43(60)35(51)21-13-29(46)39(56)30(47)14-21)34(44(61)62)9-19-5-7-25(8-6-19)65-26-11-20-10-22(12-26)37(45(63)64)54-42(59)36(23-15-31(48)40(57)32(49)16-23)53-41(58)33(50)17-24-18-52-38-27(20)3-2-4-28(24)38/h2-8,10-16,18,33-37,52,56-57H,9,17,50-51H2,1H3,(H,53,58)(H,54,59)(H,61,62)(H,63,64)/t33-,34-,35-,36-,37-/m1/s1. The first-order valence-electron chi connectivity index (χ1n) is 19.5. The molecule has 5 atom stereocenters. The number of nitrogens with two attached hydrogens (primary N) is 2. The second-order valence-electron chi connectivity index (χ2n) is 15.3. The topological polar surface area (TPSA) is 271 Å². The number of hydrogen-bond donors (Lipinski definition) is 9. The zero-order valence-electron chi connectivity index (χ0n) is 33.8. The van der Waals surface area contributed by atoms with Crippen LogP contribution in [-0.4, -0.2) is 79.1 Å². The minimum absolute atomic E-state index is 0.0301. The normalized spacial score (nSPS) is 17.3. The first-order valence-corrected chi connectivity index (χ1v) is 21.0. The molecule has 16 nitrogen and oxygen atoms in total. The molecule has 0 aliphatic carbocycles. The van der Waals surface area contributed by atoms with Crippen molar-refractivity contribution in [3.05, 3.63) is 139 Å². The average Bonchev–Trinajstić information content (AvgIpc) is 3.68. The summed E-state index contributed by atoms with van der Waals surface area (Å²) in [5, 5.41) is 46.0. The molecule has 1 aromatic heterocycles. The monoisotopic (exact) mass is 962 g/mol. The number of para-hydroxylation sites is 1. The first-order chi connectivity index (χ1) is 30.8. The van der Waals surface area contributed by atoms with Crippen LogP contribution < -0.4 is 26.8 Å². The molecule has 1 aliphatic rings. The SMILES string of the molecule is CN(C(=O)[C@H](N)c1cc(Cl)c(O)c(Cl)c1)[C@H](Cc1ccc(Oc2cc3cc(c2)[C@H](C(=O)O)NC(=O)[C@@H](c2cc(Cl)c(O)c(Cl)c2)NC(=O)[C@H](N)Cc2c[nH]c4c-3cccc24)cc1)C(=O)O. The van der Waals surface area contributed by atoms with Crippen LogP contribution in [0.15, 0.2) is 91.1 Å². The fourth-order valence-electron chi connectivity index (χ4n) is 7.49. The molecule has 6 bridgehead atoms. The Morgan fingerprint density at radius 2 is 1.45 bits per heavy atom. The number of carbonyl (C=O) groups is 5. The number of likely N-dealkylation sites (N-methyl/N-ethyl adjacent to an activating group) is 1. The number of hydrogen-bond acceptors (Lipinski definition) is 10. The summed E-state index contributed by atoms with van der Waals surface area (Å²) in [4.78, 5) is 70.9. The molecule has 0 saturated heterocycles. The van der Waals surface area contributed by atoms with Crippen molar-refractivity contribution in [3.63, 3.8) is 0 Å². The fourth-order valence-corrected chi connectivity index (χ4v) is 8.50. The number of nitrogens with zero attached hydrogens (tertiary/aromatic N) is 1. The Morgan fingerprint density at radius 1 is 0.815 bits per heavy atom. The lowest BCUT2D eigenvalue weighted by Crippen LogP contribution is -2.48. The number of nitrogens with one attached hydrogen (secondary N) is 3. The smallest absolute Gasteiger partial charge is 0.330 e. The zero-order valence-corrected chi connectivity index (χ0v) is 36.8. The Bertz CT molecular complexity index is 2850. The number of rotatable bonds is 10. The zero-order chi connectivity index (χ0) is 47.0. The van der Waals surface area contributed by atoms with Crippen LogP contribution in [0.3, 0.4) is 0 Å². The van der Waals surface area contributed by atoms with E-state index < -0.39 is 71.4 Å². The fraction of sp³-hybridized carbons (Fsp3) is 0.178. The molecule has 2 heterocycles. The number of fused-ring (bicyclic) bond motifs is 3. The quantitative estimate of drug-likeness (QED) is 0.0687. The van der Waals surface area contributed by atoms with Crippen LogP contribution in [0, 0.1) is 0 Å². The summed E-state index contributed by atoms with van der Waals surface area (Å²) in [6.45, 7) is 0. The molecule has 0 radical (unpaired) electrons. The number of phenols is 2. The van der Waals surface area contributed by atoms with Gasteiger partial charge in [-0.2, -0.15) is 0 Å². The number of aliphatic carboxylic acids is 2. The van der Waals surface area contributed by atoms with E-state index in [1.165, 1.54) is 37.4 Å². The van der Waals surface area contributed by atoms with Crippen molar-refractivity contribution in [2.45, 2.75) is 43.1 Å². The van der Waals surface area contributed by atoms with Gasteiger partial charge in [0, 0.05) is 30.6 Å². The summed E-state index contributed by atoms with van der Waals surface area (Å²) >= 11 is 24.4. The van der Waals surface area contributed by atoms with Crippen molar-refractivity contribution in [1.29, 1.82) is 0 Å². The number of amides is 3. The third kappa shape index (κ3) is 9.78. The lowest BCUT2D eigenvalue weighted by Gasteiger charge is -2.28. The maximum absolute atomic E-state index is 14.1. The predicted octanol–water partition coefficient (Wildman–Crippen LogP) is 6.79. The lowest BCUT2D eigenvalue weighted by atomic mass is 9.96. The average molecular weight is 965 g/mol. The Labute approximate surface area is 389 Å². The molecule has 0 spiro atoms. The van der Waals surface area contributed by atoms with Crippen LogP contribution in [-0.2, 0) is 36.8 Å². The van der Waals surface area contributed by atoms with Gasteiger partial charge in [-0.25, -0.2) is 9.59 Å². The van der Waals surface area contributed by atoms with Gasteiger partial charge >= 0.3 is 11.9 Å². The predicted molar refractivity (Wildman–Crippen MR) is 242 cm³/mol. The molecule has 0 saturated carbocycles.